The van der Waals surface area contributed by atoms with Gasteiger partial charge in [0.25, 0.3) is 5.91 Å². The second-order valence-corrected chi connectivity index (χ2v) is 5.92. The van der Waals surface area contributed by atoms with Crippen molar-refractivity contribution in [3.8, 4) is 5.75 Å². The highest BCUT2D eigenvalue weighted by Crippen LogP contribution is 2.16. The number of aromatic nitrogens is 2. The topological polar surface area (TPSA) is 56.1 Å². The van der Waals surface area contributed by atoms with E-state index in [4.69, 9.17) is 4.74 Å². The number of fused-ring (bicyclic) bond motifs is 1. The largest absolute Gasteiger partial charge is 0.484 e. The van der Waals surface area contributed by atoms with E-state index < -0.39 is 0 Å². The molecule has 0 unspecified atom stereocenters. The van der Waals surface area contributed by atoms with Gasteiger partial charge in [0.2, 0.25) is 0 Å². The first-order valence-corrected chi connectivity index (χ1v) is 7.91. The van der Waals surface area contributed by atoms with E-state index in [0.29, 0.717) is 12.3 Å². The molecule has 0 atom stereocenters. The van der Waals surface area contributed by atoms with Gasteiger partial charge in [-0.1, -0.05) is 23.8 Å². The average Bonchev–Trinajstić information content (AvgIpc) is 2.86. The molecule has 1 amide bonds. The van der Waals surface area contributed by atoms with Crippen molar-refractivity contribution in [2.24, 2.45) is 7.05 Å². The zero-order valence-electron chi connectivity index (χ0n) is 14.2. The summed E-state index contributed by atoms with van der Waals surface area (Å²) in [5.74, 6) is 1.52. The molecular formula is C19H21N3O2. The normalized spacial score (nSPS) is 10.8. The minimum Gasteiger partial charge on any atom is -0.484 e. The minimum absolute atomic E-state index is 0.00794. The Balaban J connectivity index is 1.55. The number of nitrogens with one attached hydrogen (secondary N) is 1. The highest BCUT2D eigenvalue weighted by atomic mass is 16.5. The van der Waals surface area contributed by atoms with E-state index in [0.717, 1.165) is 28.0 Å². The molecule has 1 N–H and O–H groups in total. The molecule has 5 heteroatoms. The van der Waals surface area contributed by atoms with Crippen LogP contribution in [0.3, 0.4) is 0 Å². The van der Waals surface area contributed by atoms with Crippen LogP contribution in [-0.4, -0.2) is 22.1 Å². The van der Waals surface area contributed by atoms with E-state index in [1.54, 1.807) is 0 Å². The number of amides is 1. The van der Waals surface area contributed by atoms with Gasteiger partial charge in [0.1, 0.15) is 11.6 Å². The summed E-state index contributed by atoms with van der Waals surface area (Å²) in [5, 5.41) is 2.87. The Morgan fingerprint density at radius 1 is 1.17 bits per heavy atom. The van der Waals surface area contributed by atoms with Crippen LogP contribution in [0.25, 0.3) is 11.0 Å². The first-order chi connectivity index (χ1) is 11.5. The summed E-state index contributed by atoms with van der Waals surface area (Å²) >= 11 is 0. The van der Waals surface area contributed by atoms with Gasteiger partial charge in [0.05, 0.1) is 11.0 Å². The third-order valence-corrected chi connectivity index (χ3v) is 4.05. The van der Waals surface area contributed by atoms with E-state index in [1.807, 2.05) is 67.9 Å². The van der Waals surface area contributed by atoms with E-state index in [9.17, 15) is 4.79 Å². The molecule has 1 aromatic heterocycles. The average molecular weight is 323 g/mol. The minimum atomic E-state index is -0.145. The number of nitrogens with zero attached hydrogens (tertiary/aromatic N) is 2. The third-order valence-electron chi connectivity index (χ3n) is 4.05. The maximum Gasteiger partial charge on any atom is 0.258 e. The maximum absolute atomic E-state index is 11.9. The molecule has 0 saturated carbocycles. The number of carbonyl (C=O) groups is 1. The van der Waals surface area contributed by atoms with Crippen LogP contribution in [0, 0.1) is 13.8 Å². The molecule has 24 heavy (non-hydrogen) atoms. The van der Waals surface area contributed by atoms with Crippen LogP contribution < -0.4 is 10.1 Å². The predicted molar refractivity (Wildman–Crippen MR) is 94.0 cm³/mol. The summed E-state index contributed by atoms with van der Waals surface area (Å²) in [6, 6.07) is 13.7. The zero-order valence-corrected chi connectivity index (χ0v) is 14.2. The van der Waals surface area contributed by atoms with Crippen molar-refractivity contribution in [2.45, 2.75) is 20.4 Å². The molecule has 0 aliphatic rings. The van der Waals surface area contributed by atoms with Crippen LogP contribution in [-0.2, 0) is 18.4 Å². The summed E-state index contributed by atoms with van der Waals surface area (Å²) < 4.78 is 7.52. The van der Waals surface area contributed by atoms with Crippen LogP contribution in [0.15, 0.2) is 42.5 Å². The van der Waals surface area contributed by atoms with Crippen molar-refractivity contribution >= 4 is 16.9 Å². The molecule has 3 aromatic rings. The lowest BCUT2D eigenvalue weighted by molar-refractivity contribution is -0.123. The Kier molecular flexibility index (Phi) is 4.51. The lowest BCUT2D eigenvalue weighted by Crippen LogP contribution is -2.28. The molecule has 0 saturated heterocycles. The monoisotopic (exact) mass is 323 g/mol. The highest BCUT2D eigenvalue weighted by Gasteiger charge is 2.07. The van der Waals surface area contributed by atoms with Crippen molar-refractivity contribution in [3.63, 3.8) is 0 Å². The molecule has 5 nitrogen and oxygen atoms in total. The van der Waals surface area contributed by atoms with E-state index >= 15 is 0 Å². The number of hydrogen-bond donors (Lipinski definition) is 1. The fourth-order valence-corrected chi connectivity index (χ4v) is 2.51. The fourth-order valence-electron chi connectivity index (χ4n) is 2.51. The van der Waals surface area contributed by atoms with Gasteiger partial charge in [-0.05, 0) is 43.7 Å². The Morgan fingerprint density at radius 3 is 2.67 bits per heavy atom. The molecule has 0 bridgehead atoms. The summed E-state index contributed by atoms with van der Waals surface area (Å²) in [6.07, 6.45) is 0. The summed E-state index contributed by atoms with van der Waals surface area (Å²) in [6.45, 7) is 4.45. The second-order valence-electron chi connectivity index (χ2n) is 5.92. The summed E-state index contributed by atoms with van der Waals surface area (Å²) in [5.41, 5.74) is 4.21. The number of carbonyl (C=O) groups excluding carboxylic acids is 1. The van der Waals surface area contributed by atoms with Crippen LogP contribution in [0.5, 0.6) is 5.75 Å². The van der Waals surface area contributed by atoms with Crippen molar-refractivity contribution in [3.05, 3.63) is 59.4 Å². The Bertz CT molecular complexity index is 866. The van der Waals surface area contributed by atoms with Gasteiger partial charge in [0.15, 0.2) is 6.61 Å². The third kappa shape index (κ3) is 3.56. The molecule has 2 aromatic carbocycles. The van der Waals surface area contributed by atoms with Crippen LogP contribution in [0.4, 0.5) is 0 Å². The lowest BCUT2D eigenvalue weighted by atomic mass is 10.2. The summed E-state index contributed by atoms with van der Waals surface area (Å²) in [7, 11) is 1.99. The Labute approximate surface area is 141 Å². The van der Waals surface area contributed by atoms with Gasteiger partial charge in [-0.25, -0.2) is 4.98 Å². The van der Waals surface area contributed by atoms with Gasteiger partial charge < -0.3 is 14.6 Å². The molecule has 3 rings (SSSR count). The van der Waals surface area contributed by atoms with Crippen molar-refractivity contribution in [1.82, 2.24) is 14.9 Å². The number of rotatable bonds is 5. The Morgan fingerprint density at radius 2 is 1.92 bits per heavy atom. The summed E-state index contributed by atoms with van der Waals surface area (Å²) in [4.78, 5) is 16.4. The molecule has 1 heterocycles. The number of benzene rings is 2. The SMILES string of the molecule is Cc1ccc(OCC(=O)NCc2ccc3c(c2)nc(C)n3C)cc1. The van der Waals surface area contributed by atoms with Gasteiger partial charge >= 0.3 is 0 Å². The van der Waals surface area contributed by atoms with E-state index in [2.05, 4.69) is 10.3 Å². The molecule has 124 valence electrons. The number of hydrogen-bond acceptors (Lipinski definition) is 3. The smallest absolute Gasteiger partial charge is 0.258 e. The van der Waals surface area contributed by atoms with Gasteiger partial charge in [-0.2, -0.15) is 0 Å². The second kappa shape index (κ2) is 6.74. The van der Waals surface area contributed by atoms with E-state index in [1.165, 1.54) is 0 Å². The van der Waals surface area contributed by atoms with Crippen molar-refractivity contribution in [2.75, 3.05) is 6.61 Å². The predicted octanol–water partition coefficient (Wildman–Crippen LogP) is 2.89. The van der Waals surface area contributed by atoms with E-state index in [-0.39, 0.29) is 12.5 Å². The molecule has 0 aliphatic carbocycles. The first kappa shape index (κ1) is 16.1. The van der Waals surface area contributed by atoms with Crippen molar-refractivity contribution < 1.29 is 9.53 Å². The molecular weight excluding hydrogens is 302 g/mol. The number of ether oxygens (including phenoxy) is 1. The number of aryl methyl sites for hydroxylation is 3. The highest BCUT2D eigenvalue weighted by molar-refractivity contribution is 5.79. The standard InChI is InChI=1S/C19H21N3O2/c1-13-4-7-16(8-5-13)24-12-19(23)20-11-15-6-9-18-17(10-15)21-14(2)22(18)3/h4-10H,11-12H2,1-3H3,(H,20,23). The van der Waals surface area contributed by atoms with Gasteiger partial charge in [-0.3, -0.25) is 4.79 Å². The number of imidazole rings is 1. The van der Waals surface area contributed by atoms with Crippen LogP contribution >= 0.6 is 0 Å². The van der Waals surface area contributed by atoms with Gasteiger partial charge in [-0.15, -0.1) is 0 Å². The maximum atomic E-state index is 11.9. The van der Waals surface area contributed by atoms with Crippen LogP contribution in [0.2, 0.25) is 0 Å². The lowest BCUT2D eigenvalue weighted by Gasteiger charge is -2.08. The molecule has 0 spiro atoms. The molecule has 0 fully saturated rings. The van der Waals surface area contributed by atoms with Gasteiger partial charge in [0, 0.05) is 13.6 Å². The Hall–Kier alpha value is -2.82. The zero-order chi connectivity index (χ0) is 17.1. The molecule has 0 radical (unpaired) electrons. The molecule has 0 aliphatic heterocycles. The fraction of sp³-hybridized carbons (Fsp3) is 0.263. The first-order valence-electron chi connectivity index (χ1n) is 7.91. The quantitative estimate of drug-likeness (QED) is 0.785. The van der Waals surface area contributed by atoms with Crippen molar-refractivity contribution in [1.29, 1.82) is 0 Å². The van der Waals surface area contributed by atoms with Crippen LogP contribution in [0.1, 0.15) is 17.0 Å².